The van der Waals surface area contributed by atoms with Crippen molar-refractivity contribution in [3.63, 3.8) is 0 Å². The lowest BCUT2D eigenvalue weighted by molar-refractivity contribution is 0.0140. The Kier molecular flexibility index (Phi) is 7.81. The number of furan rings is 1. The van der Waals surface area contributed by atoms with Crippen molar-refractivity contribution in [2.75, 3.05) is 31.9 Å². The number of hydrogen-bond acceptors (Lipinski definition) is 9. The fourth-order valence-corrected chi connectivity index (χ4v) is 5.89. The van der Waals surface area contributed by atoms with E-state index in [1.54, 1.807) is 93.8 Å². The summed E-state index contributed by atoms with van der Waals surface area (Å²) in [6, 6.07) is 11.5. The van der Waals surface area contributed by atoms with Crippen molar-refractivity contribution in [2.24, 2.45) is 0 Å². The Balaban J connectivity index is 1.43. The van der Waals surface area contributed by atoms with Gasteiger partial charge in [-0.2, -0.15) is 0 Å². The highest BCUT2D eigenvalue weighted by atomic mass is 16.6. The van der Waals surface area contributed by atoms with Gasteiger partial charge in [-0.25, -0.2) is 14.2 Å². The molecule has 4 aromatic rings. The number of ether oxygens (including phenoxy) is 2. The van der Waals surface area contributed by atoms with Crippen LogP contribution < -0.4 is 11.1 Å². The largest absolute Gasteiger partial charge is 0.464 e. The molecule has 2 aliphatic heterocycles. The van der Waals surface area contributed by atoms with Gasteiger partial charge >= 0.3 is 12.2 Å². The monoisotopic (exact) mass is 655 g/mol. The van der Waals surface area contributed by atoms with Gasteiger partial charge in [-0.05, 0) is 84.0 Å². The second-order valence-corrected chi connectivity index (χ2v) is 13.8. The van der Waals surface area contributed by atoms with Crippen molar-refractivity contribution < 1.29 is 37.9 Å². The smallest absolute Gasteiger partial charge is 0.419 e. The normalized spacial score (nSPS) is 15.0. The summed E-state index contributed by atoms with van der Waals surface area (Å²) in [6.45, 7) is 11.9. The molecule has 3 N–H and O–H groups in total. The molecule has 0 atom stereocenters. The molecule has 4 heterocycles. The minimum atomic E-state index is -0.863. The van der Waals surface area contributed by atoms with Crippen molar-refractivity contribution in [3.05, 3.63) is 65.4 Å². The van der Waals surface area contributed by atoms with E-state index in [0.717, 1.165) is 0 Å². The Bertz CT molecular complexity index is 1990. The van der Waals surface area contributed by atoms with Crippen LogP contribution in [0.25, 0.3) is 33.5 Å². The second-order valence-electron chi connectivity index (χ2n) is 13.8. The number of nitrogen functional groups attached to an aromatic ring is 1. The van der Waals surface area contributed by atoms with E-state index in [1.165, 1.54) is 10.8 Å². The van der Waals surface area contributed by atoms with Crippen molar-refractivity contribution in [2.45, 2.75) is 52.7 Å². The third-order valence-electron chi connectivity index (χ3n) is 7.95. The Morgan fingerprint density at radius 3 is 2.04 bits per heavy atom. The number of nitrogens with zero attached hydrogens (tertiary/aromatic N) is 3. The van der Waals surface area contributed by atoms with Crippen LogP contribution in [0.4, 0.5) is 15.3 Å². The highest BCUT2D eigenvalue weighted by Gasteiger charge is 2.36. The number of anilines is 1. The lowest BCUT2D eigenvalue weighted by atomic mass is 9.93. The van der Waals surface area contributed by atoms with Gasteiger partial charge in [0.05, 0.1) is 34.3 Å². The molecule has 0 radical (unpaired) electrons. The topological polar surface area (TPSA) is 166 Å². The van der Waals surface area contributed by atoms with E-state index in [-0.39, 0.29) is 34.0 Å². The van der Waals surface area contributed by atoms with Gasteiger partial charge in [0.25, 0.3) is 17.7 Å². The molecule has 250 valence electrons. The Labute approximate surface area is 276 Å². The van der Waals surface area contributed by atoms with Crippen LogP contribution in [0.1, 0.15) is 72.6 Å². The quantitative estimate of drug-likeness (QED) is 0.214. The summed E-state index contributed by atoms with van der Waals surface area (Å²) in [5.74, 6) is -1.21. The second kappa shape index (κ2) is 11.6. The minimum absolute atomic E-state index is 0.0135. The molecule has 13 nitrogen and oxygen atoms in total. The van der Waals surface area contributed by atoms with Crippen LogP contribution in [0.3, 0.4) is 0 Å². The van der Waals surface area contributed by atoms with E-state index in [9.17, 15) is 24.0 Å². The van der Waals surface area contributed by atoms with Gasteiger partial charge in [0.15, 0.2) is 0 Å². The van der Waals surface area contributed by atoms with Gasteiger partial charge in [-0.15, -0.1) is 0 Å². The highest BCUT2D eigenvalue weighted by molar-refractivity contribution is 6.27. The lowest BCUT2D eigenvalue weighted by Crippen LogP contribution is -2.51. The number of amides is 4. The number of nitrogens with two attached hydrogens (primary N) is 1. The number of benzene rings is 2. The van der Waals surface area contributed by atoms with Gasteiger partial charge in [-0.1, -0.05) is 0 Å². The molecule has 48 heavy (non-hydrogen) atoms. The predicted molar refractivity (Wildman–Crippen MR) is 177 cm³/mol. The average Bonchev–Trinajstić information content (AvgIpc) is 3.73. The third-order valence-corrected chi connectivity index (χ3v) is 7.95. The fourth-order valence-electron chi connectivity index (χ4n) is 5.89. The first kappa shape index (κ1) is 32.4. The summed E-state index contributed by atoms with van der Waals surface area (Å²) >= 11 is 0. The van der Waals surface area contributed by atoms with Crippen LogP contribution in [0.2, 0.25) is 0 Å². The number of fused-ring (bicyclic) bond motifs is 2. The number of hydrogen-bond donors (Lipinski definition) is 2. The summed E-state index contributed by atoms with van der Waals surface area (Å²) in [5, 5.41) is 2.83. The lowest BCUT2D eigenvalue weighted by Gasteiger charge is -2.35. The van der Waals surface area contributed by atoms with Crippen molar-refractivity contribution in [1.82, 2.24) is 19.7 Å². The first-order valence-corrected chi connectivity index (χ1v) is 15.5. The number of carbonyl (C=O) groups is 5. The van der Waals surface area contributed by atoms with E-state index < -0.39 is 35.2 Å². The molecule has 0 bridgehead atoms. The maximum Gasteiger partial charge on any atom is 0.419 e. The molecule has 2 aromatic heterocycles. The van der Waals surface area contributed by atoms with E-state index in [1.807, 2.05) is 0 Å². The molecule has 0 spiro atoms. The average molecular weight is 656 g/mol. The molecular formula is C35H37N5O8. The molecule has 0 aliphatic carbocycles. The highest BCUT2D eigenvalue weighted by Crippen LogP contribution is 2.42. The molecule has 6 rings (SSSR count). The summed E-state index contributed by atoms with van der Waals surface area (Å²) in [5.41, 5.74) is 6.63. The Morgan fingerprint density at radius 1 is 0.792 bits per heavy atom. The molecular weight excluding hydrogens is 618 g/mol. The van der Waals surface area contributed by atoms with Crippen LogP contribution in [0.5, 0.6) is 0 Å². The number of aromatic nitrogens is 1. The first-order valence-electron chi connectivity index (χ1n) is 15.5. The third kappa shape index (κ3) is 5.98. The van der Waals surface area contributed by atoms with Crippen LogP contribution in [-0.2, 0) is 9.47 Å². The summed E-state index contributed by atoms with van der Waals surface area (Å²) < 4.78 is 18.2. The first-order chi connectivity index (χ1) is 22.5. The summed E-state index contributed by atoms with van der Waals surface area (Å²) in [7, 11) is 0. The molecule has 1 saturated heterocycles. The Hall–Kier alpha value is -5.59. The van der Waals surface area contributed by atoms with Crippen LogP contribution in [0, 0.1) is 0 Å². The molecule has 1 fully saturated rings. The van der Waals surface area contributed by atoms with Crippen LogP contribution >= 0.6 is 0 Å². The zero-order valence-electron chi connectivity index (χ0n) is 27.6. The van der Waals surface area contributed by atoms with Crippen LogP contribution in [0.15, 0.2) is 53.1 Å². The molecule has 0 unspecified atom stereocenters. The van der Waals surface area contributed by atoms with Gasteiger partial charge < -0.3 is 29.4 Å². The number of carbonyl (C=O) groups excluding carboxylic acids is 5. The maximum atomic E-state index is 13.8. The summed E-state index contributed by atoms with van der Waals surface area (Å²) in [4.78, 5) is 69.4. The van der Waals surface area contributed by atoms with E-state index in [2.05, 4.69) is 5.32 Å². The van der Waals surface area contributed by atoms with Crippen molar-refractivity contribution in [1.29, 1.82) is 0 Å². The molecule has 0 saturated carbocycles. The van der Waals surface area contributed by atoms with Crippen molar-refractivity contribution in [3.8, 4) is 22.6 Å². The van der Waals surface area contributed by atoms with Gasteiger partial charge in [0, 0.05) is 48.3 Å². The molecule has 4 amide bonds. The van der Waals surface area contributed by atoms with E-state index >= 15 is 0 Å². The van der Waals surface area contributed by atoms with E-state index in [4.69, 9.17) is 19.6 Å². The number of nitrogens with one attached hydrogen (secondary N) is 1. The number of rotatable bonds is 3. The van der Waals surface area contributed by atoms with Gasteiger partial charge in [0.2, 0.25) is 0 Å². The van der Waals surface area contributed by atoms with E-state index in [0.29, 0.717) is 54.0 Å². The molecule has 13 heteroatoms. The summed E-state index contributed by atoms with van der Waals surface area (Å²) in [6.07, 6.45) is 0.312. The fraction of sp³-hybridized carbons (Fsp3) is 0.343. The minimum Gasteiger partial charge on any atom is -0.464 e. The SMILES string of the molecule is CC(C)(C)OC(=O)N1CCN(C(=O)c2ccc3c(c2)cc(-c2cc(-c4ccco4)c(N)c4c2C(=O)NC4=O)n3C(=O)OC(C)(C)C)CC1. The number of imide groups is 1. The standard InChI is InChI=1S/C35H37N5O8/c1-34(2,3)47-32(44)39-13-11-38(12-14-39)31(43)19-9-10-23-20(16-19)17-24(40(23)33(45)48-35(4,5)6)21-18-22(25-8-7-15-46-25)28(36)27-26(21)29(41)37-30(27)42/h7-10,15-18H,11-14,36H2,1-6H3,(H,37,41,42). The van der Waals surface area contributed by atoms with Crippen LogP contribution in [-0.4, -0.2) is 81.7 Å². The van der Waals surface area contributed by atoms with Gasteiger partial charge in [0.1, 0.15) is 17.0 Å². The number of piperazine rings is 1. The zero-order chi connectivity index (χ0) is 34.7. The molecule has 2 aromatic carbocycles. The molecule has 2 aliphatic rings. The predicted octanol–water partition coefficient (Wildman–Crippen LogP) is 5.51. The Morgan fingerprint density at radius 2 is 1.42 bits per heavy atom. The van der Waals surface area contributed by atoms with Gasteiger partial charge in [-0.3, -0.25) is 19.7 Å². The zero-order valence-corrected chi connectivity index (χ0v) is 27.6. The van der Waals surface area contributed by atoms with Crippen molar-refractivity contribution >= 4 is 46.5 Å². The maximum absolute atomic E-state index is 13.8.